The largest absolute Gasteiger partial charge is 0.457 e. The van der Waals surface area contributed by atoms with Crippen LogP contribution in [0, 0.1) is 0 Å². The number of aliphatic hydroxyl groups excluding tert-OH is 1. The quantitative estimate of drug-likeness (QED) is 0.170. The molecule has 6 aromatic rings. The maximum atomic E-state index is 12.5. The highest BCUT2D eigenvalue weighted by Crippen LogP contribution is 2.42. The van der Waals surface area contributed by atoms with Gasteiger partial charge in [-0.15, -0.1) is 11.3 Å². The number of aliphatic hydroxyl groups is 1. The second kappa shape index (κ2) is 10.7. The number of ether oxygens (including phenoxy) is 2. The van der Waals surface area contributed by atoms with Crippen LogP contribution in [-0.2, 0) is 11.3 Å². The number of fused-ring (bicyclic) bond motifs is 3. The molecule has 0 bridgehead atoms. The van der Waals surface area contributed by atoms with Crippen molar-refractivity contribution in [3.05, 3.63) is 114 Å². The first-order chi connectivity index (χ1) is 19.5. The Labute approximate surface area is 233 Å². The van der Waals surface area contributed by atoms with Crippen LogP contribution in [0.5, 0.6) is 17.2 Å². The van der Waals surface area contributed by atoms with Crippen molar-refractivity contribution >= 4 is 45.0 Å². The van der Waals surface area contributed by atoms with E-state index in [2.05, 4.69) is 4.57 Å². The molecule has 3 N–H and O–H groups in total. The molecule has 0 spiro atoms. The molecule has 6 rings (SSSR count). The van der Waals surface area contributed by atoms with Crippen LogP contribution in [-0.4, -0.2) is 28.2 Å². The minimum atomic E-state index is -0.795. The zero-order valence-corrected chi connectivity index (χ0v) is 22.1. The van der Waals surface area contributed by atoms with Crippen LogP contribution < -0.4 is 15.2 Å². The molecule has 0 fully saturated rings. The maximum Gasteiger partial charge on any atom is 0.337 e. The van der Waals surface area contributed by atoms with E-state index in [1.807, 2.05) is 84.2 Å². The summed E-state index contributed by atoms with van der Waals surface area (Å²) < 4.78 is 13.7. The third kappa shape index (κ3) is 4.82. The Hall–Kier alpha value is -4.92. The fraction of sp³-hybridized carbons (Fsp3) is 0.0625. The lowest BCUT2D eigenvalue weighted by atomic mass is 10.0. The Morgan fingerprint density at radius 1 is 0.825 bits per heavy atom. The van der Waals surface area contributed by atoms with Crippen molar-refractivity contribution in [1.82, 2.24) is 4.57 Å². The molecule has 0 atom stereocenters. The van der Waals surface area contributed by atoms with E-state index in [0.29, 0.717) is 28.6 Å². The molecule has 0 aliphatic rings. The molecular formula is C32H24N2O5S. The Kier molecular flexibility index (Phi) is 6.77. The summed E-state index contributed by atoms with van der Waals surface area (Å²) in [5.41, 5.74) is 9.48. The fourth-order valence-electron chi connectivity index (χ4n) is 4.89. The Morgan fingerprint density at radius 2 is 1.60 bits per heavy atom. The van der Waals surface area contributed by atoms with Crippen LogP contribution in [0.1, 0.15) is 15.9 Å². The van der Waals surface area contributed by atoms with Crippen LogP contribution in [0.2, 0.25) is 0 Å². The number of benzene rings is 4. The van der Waals surface area contributed by atoms with E-state index >= 15 is 0 Å². The normalized spacial score (nSPS) is 11.1. The Bertz CT molecular complexity index is 1840. The second-order valence-corrected chi connectivity index (χ2v) is 10.1. The van der Waals surface area contributed by atoms with Crippen molar-refractivity contribution in [2.45, 2.75) is 6.54 Å². The maximum absolute atomic E-state index is 12.5. The first kappa shape index (κ1) is 25.4. The summed E-state index contributed by atoms with van der Waals surface area (Å²) in [6, 6.07) is 30.5. The number of hydrogen-bond acceptors (Lipinski definition) is 6. The molecule has 1 amide bonds. The van der Waals surface area contributed by atoms with Gasteiger partial charge < -0.3 is 24.9 Å². The van der Waals surface area contributed by atoms with Gasteiger partial charge in [0.1, 0.15) is 23.9 Å². The number of para-hydroxylation sites is 1. The van der Waals surface area contributed by atoms with Crippen LogP contribution in [0.4, 0.5) is 0 Å². The number of carbonyl (C=O) groups is 2. The van der Waals surface area contributed by atoms with Crippen molar-refractivity contribution in [1.29, 1.82) is 0 Å². The molecule has 0 unspecified atom stereocenters. The number of esters is 1. The monoisotopic (exact) mass is 548 g/mol. The van der Waals surface area contributed by atoms with Crippen LogP contribution in [0.15, 0.2) is 102 Å². The third-order valence-electron chi connectivity index (χ3n) is 6.62. The van der Waals surface area contributed by atoms with Gasteiger partial charge in [-0.1, -0.05) is 42.5 Å². The number of rotatable bonds is 8. The smallest absolute Gasteiger partial charge is 0.337 e. The van der Waals surface area contributed by atoms with Gasteiger partial charge in [-0.25, -0.2) is 4.79 Å². The number of hydrogen-bond donors (Lipinski definition) is 2. The van der Waals surface area contributed by atoms with Gasteiger partial charge >= 0.3 is 5.97 Å². The van der Waals surface area contributed by atoms with Gasteiger partial charge in [-0.05, 0) is 71.1 Å². The van der Waals surface area contributed by atoms with Crippen LogP contribution in [0.3, 0.4) is 0 Å². The SMILES string of the molecule is NC(=O)c1cccc2c1c1c(OC(=O)CO)cc(-c3cccs3)cc1n2Cc1ccc(Oc2ccccc2)cc1. The van der Waals surface area contributed by atoms with Gasteiger partial charge in [0.2, 0.25) is 5.91 Å². The summed E-state index contributed by atoms with van der Waals surface area (Å²) >= 11 is 1.56. The fourth-order valence-corrected chi connectivity index (χ4v) is 5.60. The van der Waals surface area contributed by atoms with Gasteiger partial charge in [-0.3, -0.25) is 4.79 Å². The summed E-state index contributed by atoms with van der Waals surface area (Å²) in [7, 11) is 0. The Balaban J connectivity index is 1.52. The highest BCUT2D eigenvalue weighted by Gasteiger charge is 2.22. The predicted octanol–water partition coefficient (Wildman–Crippen LogP) is 6.36. The predicted molar refractivity (Wildman–Crippen MR) is 156 cm³/mol. The average molecular weight is 549 g/mol. The summed E-state index contributed by atoms with van der Waals surface area (Å²) in [5, 5.41) is 12.6. The zero-order valence-electron chi connectivity index (χ0n) is 21.2. The molecule has 40 heavy (non-hydrogen) atoms. The standard InChI is InChI=1S/C32H24N2O5S/c33-32(37)24-8-4-9-25-30(24)31-26(16-21(28-10-5-15-40-28)17-27(31)39-29(36)19-35)34(25)18-20-11-13-23(14-12-20)38-22-6-2-1-3-7-22/h1-17,35H,18-19H2,(H2,33,37). The Morgan fingerprint density at radius 3 is 2.30 bits per heavy atom. The summed E-state index contributed by atoms with van der Waals surface area (Å²) in [6.45, 7) is -0.307. The molecule has 8 heteroatoms. The van der Waals surface area contributed by atoms with E-state index in [4.69, 9.17) is 15.2 Å². The molecule has 0 saturated carbocycles. The second-order valence-electron chi connectivity index (χ2n) is 9.19. The zero-order chi connectivity index (χ0) is 27.6. The van der Waals surface area contributed by atoms with Crippen molar-refractivity contribution in [2.75, 3.05) is 6.61 Å². The minimum Gasteiger partial charge on any atom is -0.457 e. The van der Waals surface area contributed by atoms with Crippen LogP contribution in [0.25, 0.3) is 32.2 Å². The first-order valence-corrected chi connectivity index (χ1v) is 13.5. The lowest BCUT2D eigenvalue weighted by molar-refractivity contribution is -0.137. The van der Waals surface area contributed by atoms with E-state index in [1.54, 1.807) is 29.5 Å². The molecule has 0 aliphatic carbocycles. The topological polar surface area (TPSA) is 104 Å². The van der Waals surface area contributed by atoms with Gasteiger partial charge in [0.25, 0.3) is 0 Å². The summed E-state index contributed by atoms with van der Waals surface area (Å²) in [4.78, 5) is 25.8. The van der Waals surface area contributed by atoms with E-state index in [9.17, 15) is 14.7 Å². The highest BCUT2D eigenvalue weighted by atomic mass is 32.1. The van der Waals surface area contributed by atoms with E-state index < -0.39 is 18.5 Å². The molecule has 4 aromatic carbocycles. The number of aromatic nitrogens is 1. The van der Waals surface area contributed by atoms with Gasteiger partial charge in [0.15, 0.2) is 0 Å². The van der Waals surface area contributed by atoms with Gasteiger partial charge in [0.05, 0.1) is 16.4 Å². The molecule has 0 saturated heterocycles. The molecular weight excluding hydrogens is 524 g/mol. The highest BCUT2D eigenvalue weighted by molar-refractivity contribution is 7.13. The molecule has 2 aromatic heterocycles. The summed E-state index contributed by atoms with van der Waals surface area (Å²) in [6.07, 6.45) is 0. The van der Waals surface area contributed by atoms with Gasteiger partial charge in [-0.2, -0.15) is 0 Å². The van der Waals surface area contributed by atoms with Crippen molar-refractivity contribution < 1.29 is 24.2 Å². The lowest BCUT2D eigenvalue weighted by Gasteiger charge is -2.12. The minimum absolute atomic E-state index is 0.254. The lowest BCUT2D eigenvalue weighted by Crippen LogP contribution is -2.13. The number of primary amides is 1. The number of amides is 1. The van der Waals surface area contributed by atoms with Crippen molar-refractivity contribution in [2.24, 2.45) is 5.73 Å². The number of carbonyl (C=O) groups excluding carboxylic acids is 2. The summed E-state index contributed by atoms with van der Waals surface area (Å²) in [5.74, 6) is 0.336. The van der Waals surface area contributed by atoms with E-state index in [0.717, 1.165) is 32.8 Å². The average Bonchev–Trinajstić information content (AvgIpc) is 3.62. The molecule has 198 valence electrons. The first-order valence-electron chi connectivity index (χ1n) is 12.6. The third-order valence-corrected chi connectivity index (χ3v) is 7.54. The number of nitrogens with two attached hydrogens (primary N) is 1. The van der Waals surface area contributed by atoms with E-state index in [1.165, 1.54) is 0 Å². The molecule has 2 heterocycles. The molecule has 7 nitrogen and oxygen atoms in total. The number of thiophene rings is 1. The molecule has 0 radical (unpaired) electrons. The number of nitrogens with zero attached hydrogens (tertiary/aromatic N) is 1. The molecule has 0 aliphatic heterocycles. The van der Waals surface area contributed by atoms with Crippen LogP contribution >= 0.6 is 11.3 Å². The van der Waals surface area contributed by atoms with E-state index in [-0.39, 0.29) is 5.75 Å². The van der Waals surface area contributed by atoms with Crippen molar-refractivity contribution in [3.63, 3.8) is 0 Å². The van der Waals surface area contributed by atoms with Gasteiger partial charge in [0, 0.05) is 22.4 Å². The van der Waals surface area contributed by atoms with Crippen molar-refractivity contribution in [3.8, 4) is 27.7 Å².